The van der Waals surface area contributed by atoms with Gasteiger partial charge in [-0.1, -0.05) is 12.1 Å². The average Bonchev–Trinajstić information content (AvgIpc) is 2.15. The quantitative estimate of drug-likeness (QED) is 0.904. The number of hydrogen-bond donors (Lipinski definition) is 1. The summed E-state index contributed by atoms with van der Waals surface area (Å²) in [5.74, 6) is -1.26. The number of aliphatic carboxylic acids is 1. The van der Waals surface area contributed by atoms with Gasteiger partial charge in [0.25, 0.3) is 9.84 Å². The zero-order valence-corrected chi connectivity index (χ0v) is 9.05. The van der Waals surface area contributed by atoms with Crippen LogP contribution in [0, 0.1) is 0 Å². The van der Waals surface area contributed by atoms with Crippen molar-refractivity contribution < 1.29 is 31.5 Å². The van der Waals surface area contributed by atoms with Crippen LogP contribution < -0.4 is 0 Å². The molecule has 0 saturated carbocycles. The Kier molecular flexibility index (Phi) is 3.46. The number of halogens is 3. The molecular formula is C9H7F3O4S. The summed E-state index contributed by atoms with van der Waals surface area (Å²) in [7, 11) is -5.43. The van der Waals surface area contributed by atoms with Crippen LogP contribution in [0.4, 0.5) is 13.2 Å². The maximum absolute atomic E-state index is 12.2. The number of hydrogen-bond acceptors (Lipinski definition) is 3. The van der Waals surface area contributed by atoms with Gasteiger partial charge in [-0.3, -0.25) is 4.79 Å². The fourth-order valence-corrected chi connectivity index (χ4v) is 1.96. The first kappa shape index (κ1) is 13.5. The van der Waals surface area contributed by atoms with Gasteiger partial charge in [0.15, 0.2) is 0 Å². The number of benzene rings is 1. The Bertz CT molecular complexity index is 533. The predicted octanol–water partition coefficient (Wildman–Crippen LogP) is 1.61. The first-order valence-electron chi connectivity index (χ1n) is 4.26. The fourth-order valence-electron chi connectivity index (χ4n) is 1.13. The van der Waals surface area contributed by atoms with Crippen molar-refractivity contribution in [2.24, 2.45) is 0 Å². The Morgan fingerprint density at radius 2 is 1.88 bits per heavy atom. The number of rotatable bonds is 3. The number of carboxylic acids is 1. The Morgan fingerprint density at radius 1 is 1.29 bits per heavy atom. The van der Waals surface area contributed by atoms with Crippen LogP contribution in [0.15, 0.2) is 29.2 Å². The van der Waals surface area contributed by atoms with E-state index in [4.69, 9.17) is 5.11 Å². The van der Waals surface area contributed by atoms with Crippen LogP contribution in [-0.4, -0.2) is 25.0 Å². The van der Waals surface area contributed by atoms with Crippen LogP contribution in [0.25, 0.3) is 0 Å². The van der Waals surface area contributed by atoms with Crippen molar-refractivity contribution in [3.8, 4) is 0 Å². The maximum Gasteiger partial charge on any atom is 0.501 e. The normalized spacial score (nSPS) is 12.4. The van der Waals surface area contributed by atoms with Crippen LogP contribution >= 0.6 is 0 Å². The minimum absolute atomic E-state index is 0.0113. The average molecular weight is 268 g/mol. The van der Waals surface area contributed by atoms with Crippen molar-refractivity contribution >= 4 is 15.8 Å². The maximum atomic E-state index is 12.2. The van der Waals surface area contributed by atoms with E-state index in [1.807, 2.05) is 0 Å². The highest BCUT2D eigenvalue weighted by molar-refractivity contribution is 7.92. The van der Waals surface area contributed by atoms with Crippen molar-refractivity contribution in [3.63, 3.8) is 0 Å². The minimum Gasteiger partial charge on any atom is -0.481 e. The number of sulfone groups is 1. The molecule has 17 heavy (non-hydrogen) atoms. The standard InChI is InChI=1S/C9H7F3O4S/c10-9(11,12)17(15,16)7-3-1-2-6(4-7)5-8(13)14/h1-4H,5H2,(H,13,14). The number of alkyl halides is 3. The van der Waals surface area contributed by atoms with Gasteiger partial charge in [-0.2, -0.15) is 13.2 Å². The summed E-state index contributed by atoms with van der Waals surface area (Å²) < 4.78 is 58.7. The van der Waals surface area contributed by atoms with E-state index in [0.29, 0.717) is 6.07 Å². The molecule has 0 aliphatic carbocycles. The third-order valence-corrected chi connectivity index (χ3v) is 3.35. The molecule has 0 amide bonds. The van der Waals surface area contributed by atoms with Gasteiger partial charge >= 0.3 is 11.5 Å². The van der Waals surface area contributed by atoms with Crippen LogP contribution in [0.3, 0.4) is 0 Å². The van der Waals surface area contributed by atoms with E-state index >= 15 is 0 Å². The van der Waals surface area contributed by atoms with Gasteiger partial charge in [-0.15, -0.1) is 0 Å². The van der Waals surface area contributed by atoms with Crippen molar-refractivity contribution in [1.29, 1.82) is 0 Å². The monoisotopic (exact) mass is 268 g/mol. The molecule has 0 radical (unpaired) electrons. The second-order valence-electron chi connectivity index (χ2n) is 3.17. The second-order valence-corrected chi connectivity index (χ2v) is 5.11. The smallest absolute Gasteiger partial charge is 0.481 e. The molecule has 0 saturated heterocycles. The molecule has 0 heterocycles. The molecule has 0 atom stereocenters. The Labute approximate surface area is 94.6 Å². The fraction of sp³-hybridized carbons (Fsp3) is 0.222. The van der Waals surface area contributed by atoms with Crippen molar-refractivity contribution in [1.82, 2.24) is 0 Å². The van der Waals surface area contributed by atoms with Crippen molar-refractivity contribution in [2.45, 2.75) is 16.8 Å². The molecule has 0 bridgehead atoms. The van der Waals surface area contributed by atoms with E-state index in [1.54, 1.807) is 0 Å². The molecule has 0 unspecified atom stereocenters. The van der Waals surface area contributed by atoms with E-state index in [1.165, 1.54) is 6.07 Å². The van der Waals surface area contributed by atoms with Crippen LogP contribution in [0.5, 0.6) is 0 Å². The Balaban J connectivity index is 3.21. The molecule has 4 nitrogen and oxygen atoms in total. The van der Waals surface area contributed by atoms with Crippen molar-refractivity contribution in [2.75, 3.05) is 0 Å². The van der Waals surface area contributed by atoms with Gasteiger partial charge in [0.2, 0.25) is 0 Å². The first-order valence-corrected chi connectivity index (χ1v) is 5.75. The number of carboxylic acid groups (broad SMARTS) is 1. The van der Waals surface area contributed by atoms with Crippen LogP contribution in [0.2, 0.25) is 0 Å². The lowest BCUT2D eigenvalue weighted by molar-refractivity contribution is -0.136. The molecule has 0 spiro atoms. The zero-order chi connectivity index (χ0) is 13.3. The third kappa shape index (κ3) is 2.96. The van der Waals surface area contributed by atoms with Gasteiger partial charge in [-0.25, -0.2) is 8.42 Å². The summed E-state index contributed by atoms with van der Waals surface area (Å²) in [6.07, 6.45) is -0.540. The predicted molar refractivity (Wildman–Crippen MR) is 51.0 cm³/mol. The Morgan fingerprint density at radius 3 is 2.35 bits per heavy atom. The molecule has 1 N–H and O–H groups in total. The highest BCUT2D eigenvalue weighted by Gasteiger charge is 2.46. The van der Waals surface area contributed by atoms with Gasteiger partial charge in [-0.05, 0) is 17.7 Å². The topological polar surface area (TPSA) is 71.4 Å². The summed E-state index contributed by atoms with van der Waals surface area (Å²) in [6, 6.07) is 3.78. The highest BCUT2D eigenvalue weighted by Crippen LogP contribution is 2.30. The molecule has 1 aromatic carbocycles. The Hall–Kier alpha value is -1.57. The molecule has 0 aromatic heterocycles. The second kappa shape index (κ2) is 4.36. The van der Waals surface area contributed by atoms with E-state index in [0.717, 1.165) is 12.1 Å². The molecule has 0 aliphatic rings. The molecule has 0 fully saturated rings. The largest absolute Gasteiger partial charge is 0.501 e. The van der Waals surface area contributed by atoms with Gasteiger partial charge in [0.05, 0.1) is 11.3 Å². The van der Waals surface area contributed by atoms with Gasteiger partial charge in [0.1, 0.15) is 0 Å². The molecule has 94 valence electrons. The van der Waals surface area contributed by atoms with Crippen LogP contribution in [0.1, 0.15) is 5.56 Å². The van der Waals surface area contributed by atoms with Crippen LogP contribution in [-0.2, 0) is 21.1 Å². The number of carbonyl (C=O) groups is 1. The highest BCUT2D eigenvalue weighted by atomic mass is 32.2. The summed E-state index contributed by atoms with van der Waals surface area (Å²) in [6.45, 7) is 0. The van der Waals surface area contributed by atoms with Crippen molar-refractivity contribution in [3.05, 3.63) is 29.8 Å². The summed E-state index contributed by atoms with van der Waals surface area (Å²) in [4.78, 5) is 9.40. The lowest BCUT2D eigenvalue weighted by Gasteiger charge is -2.08. The molecule has 0 aliphatic heterocycles. The lowest BCUT2D eigenvalue weighted by Crippen LogP contribution is -2.23. The zero-order valence-electron chi connectivity index (χ0n) is 8.23. The molecular weight excluding hydrogens is 261 g/mol. The summed E-state index contributed by atoms with van der Waals surface area (Å²) in [5, 5.41) is 8.45. The molecule has 8 heteroatoms. The molecule has 1 rings (SSSR count). The molecule has 1 aromatic rings. The minimum atomic E-state index is -5.43. The van der Waals surface area contributed by atoms with E-state index < -0.39 is 32.6 Å². The van der Waals surface area contributed by atoms with E-state index in [-0.39, 0.29) is 5.56 Å². The summed E-state index contributed by atoms with van der Waals surface area (Å²) in [5.41, 5.74) is -5.41. The van der Waals surface area contributed by atoms with E-state index in [2.05, 4.69) is 0 Å². The van der Waals surface area contributed by atoms with E-state index in [9.17, 15) is 26.4 Å². The third-order valence-electron chi connectivity index (χ3n) is 1.87. The SMILES string of the molecule is O=C(O)Cc1cccc(S(=O)(=O)C(F)(F)F)c1. The first-order chi connectivity index (χ1) is 7.64. The lowest BCUT2D eigenvalue weighted by atomic mass is 10.2. The van der Waals surface area contributed by atoms with Gasteiger partial charge < -0.3 is 5.11 Å². The summed E-state index contributed by atoms with van der Waals surface area (Å²) >= 11 is 0. The van der Waals surface area contributed by atoms with Gasteiger partial charge in [0, 0.05) is 0 Å².